The Morgan fingerprint density at radius 3 is 2.48 bits per heavy atom. The van der Waals surface area contributed by atoms with Gasteiger partial charge in [-0.2, -0.15) is 0 Å². The molecule has 29 heavy (non-hydrogen) atoms. The highest BCUT2D eigenvalue weighted by atomic mass is 16.2. The van der Waals surface area contributed by atoms with E-state index in [0.717, 1.165) is 39.0 Å². The third-order valence-electron chi connectivity index (χ3n) is 5.31. The topological polar surface area (TPSA) is 71.4 Å². The molecule has 1 saturated heterocycles. The molecule has 0 spiro atoms. The van der Waals surface area contributed by atoms with Crippen molar-refractivity contribution in [3.8, 4) is 0 Å². The average molecular weight is 387 g/mol. The van der Waals surface area contributed by atoms with Crippen LogP contribution in [0.3, 0.4) is 0 Å². The molecule has 1 N–H and O–H groups in total. The second-order valence-corrected chi connectivity index (χ2v) is 7.11. The van der Waals surface area contributed by atoms with Crippen LogP contribution in [-0.2, 0) is 16.1 Å². The van der Waals surface area contributed by atoms with Gasteiger partial charge >= 0.3 is 6.03 Å². The summed E-state index contributed by atoms with van der Waals surface area (Å²) in [6, 6.07) is 12.4. The highest BCUT2D eigenvalue weighted by Gasteiger charge is 2.37. The molecule has 0 aliphatic carbocycles. The highest BCUT2D eigenvalue weighted by Crippen LogP contribution is 2.27. The number of fused-ring (bicyclic) bond motifs is 1. The van der Waals surface area contributed by atoms with Gasteiger partial charge in [-0.15, -0.1) is 0 Å². The minimum absolute atomic E-state index is 0.0677. The molecule has 0 bridgehead atoms. The van der Waals surface area contributed by atoms with Gasteiger partial charge in [-0.3, -0.25) is 14.9 Å². The van der Waals surface area contributed by atoms with Crippen molar-refractivity contribution < 1.29 is 14.4 Å². The van der Waals surface area contributed by atoms with Crippen molar-refractivity contribution in [1.82, 2.24) is 9.88 Å². The molecule has 2 heterocycles. The van der Waals surface area contributed by atoms with E-state index in [1.165, 1.54) is 0 Å². The summed E-state index contributed by atoms with van der Waals surface area (Å²) in [7, 11) is 0. The Bertz CT molecular complexity index is 1200. The Morgan fingerprint density at radius 1 is 1.00 bits per heavy atom. The maximum Gasteiger partial charge on any atom is 0.335 e. The lowest BCUT2D eigenvalue weighted by Crippen LogP contribution is -2.54. The molecule has 0 radical (unpaired) electrons. The Morgan fingerprint density at radius 2 is 1.76 bits per heavy atom. The van der Waals surface area contributed by atoms with Crippen molar-refractivity contribution in [2.75, 3.05) is 4.90 Å². The molecule has 6 nitrogen and oxygen atoms in total. The fourth-order valence-electron chi connectivity index (χ4n) is 3.56. The first-order valence-corrected chi connectivity index (χ1v) is 9.47. The number of anilines is 1. The number of carbonyl (C=O) groups is 3. The molecule has 2 aromatic carbocycles. The number of amides is 4. The zero-order chi connectivity index (χ0) is 20.7. The van der Waals surface area contributed by atoms with Gasteiger partial charge in [0.25, 0.3) is 11.8 Å². The van der Waals surface area contributed by atoms with E-state index in [4.69, 9.17) is 0 Å². The number of rotatable bonds is 3. The second kappa shape index (κ2) is 7.05. The first kappa shape index (κ1) is 18.7. The van der Waals surface area contributed by atoms with Gasteiger partial charge in [-0.25, -0.2) is 9.69 Å². The van der Waals surface area contributed by atoms with Gasteiger partial charge in [0.2, 0.25) is 0 Å². The summed E-state index contributed by atoms with van der Waals surface area (Å²) < 4.78 is 2.05. The van der Waals surface area contributed by atoms with Crippen LogP contribution >= 0.6 is 0 Å². The van der Waals surface area contributed by atoms with E-state index in [9.17, 15) is 14.4 Å². The Kier molecular flexibility index (Phi) is 4.54. The number of urea groups is 1. The van der Waals surface area contributed by atoms with E-state index < -0.39 is 17.8 Å². The van der Waals surface area contributed by atoms with Crippen LogP contribution in [-0.4, -0.2) is 22.4 Å². The molecule has 3 aromatic rings. The molecule has 1 aromatic heterocycles. The first-order chi connectivity index (χ1) is 13.9. The standard InChI is InChI=1S/C23H21N3O3/c1-4-25-13-16(18-7-5-6-8-20(18)25)12-19-21(27)24-23(29)26(22(19)28)17-10-9-14(2)15(3)11-17/h5-13H,4H2,1-3H3,(H,24,27,29)/b19-12-. The van der Waals surface area contributed by atoms with Crippen LogP contribution in [0.2, 0.25) is 0 Å². The van der Waals surface area contributed by atoms with E-state index in [0.29, 0.717) is 5.69 Å². The first-order valence-electron chi connectivity index (χ1n) is 9.47. The average Bonchev–Trinajstić information content (AvgIpc) is 3.05. The Balaban J connectivity index is 1.81. The molecule has 6 heteroatoms. The van der Waals surface area contributed by atoms with Gasteiger partial charge in [-0.05, 0) is 56.2 Å². The van der Waals surface area contributed by atoms with Gasteiger partial charge in [0.15, 0.2) is 0 Å². The SMILES string of the molecule is CCn1cc(/C=C2/C(=O)NC(=O)N(c3ccc(C)c(C)c3)C2=O)c2ccccc21. The second-order valence-electron chi connectivity index (χ2n) is 7.11. The number of para-hydroxylation sites is 1. The van der Waals surface area contributed by atoms with Crippen molar-refractivity contribution >= 4 is 40.5 Å². The smallest absolute Gasteiger partial charge is 0.335 e. The Labute approximate surface area is 168 Å². The minimum atomic E-state index is -0.739. The van der Waals surface area contributed by atoms with Crippen LogP contribution in [0.5, 0.6) is 0 Å². The summed E-state index contributed by atoms with van der Waals surface area (Å²) in [6.07, 6.45) is 3.47. The summed E-state index contributed by atoms with van der Waals surface area (Å²) >= 11 is 0. The molecule has 146 valence electrons. The van der Waals surface area contributed by atoms with Crippen LogP contribution in [0, 0.1) is 13.8 Å². The maximum atomic E-state index is 13.1. The van der Waals surface area contributed by atoms with Crippen molar-refractivity contribution in [3.63, 3.8) is 0 Å². The fourth-order valence-corrected chi connectivity index (χ4v) is 3.56. The molecule has 1 aliphatic rings. The molecule has 1 fully saturated rings. The minimum Gasteiger partial charge on any atom is -0.347 e. The number of imide groups is 2. The number of hydrogen-bond acceptors (Lipinski definition) is 3. The quantitative estimate of drug-likeness (QED) is 0.546. The summed E-state index contributed by atoms with van der Waals surface area (Å²) in [6.45, 7) is 6.65. The lowest BCUT2D eigenvalue weighted by atomic mass is 10.0. The van der Waals surface area contributed by atoms with E-state index in [1.807, 2.05) is 57.3 Å². The number of carbonyl (C=O) groups excluding carboxylic acids is 3. The summed E-state index contributed by atoms with van der Waals surface area (Å²) in [5.74, 6) is -1.32. The lowest BCUT2D eigenvalue weighted by Gasteiger charge is -2.26. The van der Waals surface area contributed by atoms with Crippen molar-refractivity contribution in [3.05, 3.63) is 70.9 Å². The van der Waals surface area contributed by atoms with Crippen molar-refractivity contribution in [2.45, 2.75) is 27.3 Å². The predicted molar refractivity (Wildman–Crippen MR) is 113 cm³/mol. The Hall–Kier alpha value is -3.67. The third-order valence-corrected chi connectivity index (χ3v) is 5.31. The summed E-state index contributed by atoms with van der Waals surface area (Å²) in [5, 5.41) is 3.23. The molecular weight excluding hydrogens is 366 g/mol. The molecule has 4 amide bonds. The predicted octanol–water partition coefficient (Wildman–Crippen LogP) is 3.94. The number of barbiturate groups is 1. The lowest BCUT2D eigenvalue weighted by molar-refractivity contribution is -0.122. The van der Waals surface area contributed by atoms with Gasteiger partial charge in [-0.1, -0.05) is 24.3 Å². The summed E-state index contributed by atoms with van der Waals surface area (Å²) in [5.41, 5.74) is 4.16. The van der Waals surface area contributed by atoms with E-state index >= 15 is 0 Å². The molecule has 1 aliphatic heterocycles. The molecule has 0 atom stereocenters. The van der Waals surface area contributed by atoms with E-state index in [-0.39, 0.29) is 5.57 Å². The van der Waals surface area contributed by atoms with Gasteiger partial charge in [0.1, 0.15) is 5.57 Å². The number of benzene rings is 2. The normalized spacial score (nSPS) is 16.0. The van der Waals surface area contributed by atoms with Crippen LogP contribution in [0.15, 0.2) is 54.2 Å². The number of aromatic nitrogens is 1. The number of nitrogens with one attached hydrogen (secondary N) is 1. The number of aryl methyl sites for hydroxylation is 3. The van der Waals surface area contributed by atoms with E-state index in [2.05, 4.69) is 9.88 Å². The fraction of sp³-hybridized carbons (Fsp3) is 0.174. The largest absolute Gasteiger partial charge is 0.347 e. The van der Waals surface area contributed by atoms with Crippen LogP contribution in [0.1, 0.15) is 23.6 Å². The van der Waals surface area contributed by atoms with Crippen LogP contribution in [0.25, 0.3) is 17.0 Å². The molecule has 0 saturated carbocycles. The number of nitrogens with zero attached hydrogens (tertiary/aromatic N) is 2. The molecule has 4 rings (SSSR count). The van der Waals surface area contributed by atoms with Gasteiger partial charge in [0, 0.05) is 29.2 Å². The third kappa shape index (κ3) is 3.12. The van der Waals surface area contributed by atoms with E-state index in [1.54, 1.807) is 18.2 Å². The van der Waals surface area contributed by atoms with Gasteiger partial charge in [0.05, 0.1) is 5.69 Å². The van der Waals surface area contributed by atoms with Gasteiger partial charge < -0.3 is 4.57 Å². The summed E-state index contributed by atoms with van der Waals surface area (Å²) in [4.78, 5) is 39.0. The maximum absolute atomic E-state index is 13.1. The van der Waals surface area contributed by atoms with Crippen molar-refractivity contribution in [1.29, 1.82) is 0 Å². The molecular formula is C23H21N3O3. The van der Waals surface area contributed by atoms with Crippen LogP contribution in [0.4, 0.5) is 10.5 Å². The monoisotopic (exact) mass is 387 g/mol. The highest BCUT2D eigenvalue weighted by molar-refractivity contribution is 6.39. The van der Waals surface area contributed by atoms with Crippen LogP contribution < -0.4 is 10.2 Å². The zero-order valence-corrected chi connectivity index (χ0v) is 16.5. The number of hydrogen-bond donors (Lipinski definition) is 1. The zero-order valence-electron chi connectivity index (χ0n) is 16.5. The van der Waals surface area contributed by atoms with Crippen molar-refractivity contribution in [2.24, 2.45) is 0 Å². The molecule has 0 unspecified atom stereocenters.